The van der Waals surface area contributed by atoms with Crippen molar-refractivity contribution in [3.63, 3.8) is 0 Å². The SMILES string of the molecule is CCC(C)N(CCOC)S(=O)(=O)C(C)CNC(C)C. The number of nitrogens with zero attached hydrogens (tertiary/aromatic N) is 1. The minimum Gasteiger partial charge on any atom is -0.383 e. The number of sulfonamides is 1. The molecule has 0 aliphatic carbocycles. The van der Waals surface area contributed by atoms with Crippen LogP contribution in [0, 0.1) is 0 Å². The lowest BCUT2D eigenvalue weighted by molar-refractivity contribution is 0.167. The van der Waals surface area contributed by atoms with E-state index in [0.29, 0.717) is 19.7 Å². The molecule has 0 aromatic carbocycles. The highest BCUT2D eigenvalue weighted by atomic mass is 32.2. The molecule has 0 aliphatic rings. The molecule has 6 heteroatoms. The largest absolute Gasteiger partial charge is 0.383 e. The first kappa shape index (κ1) is 18.8. The second kappa shape index (κ2) is 8.89. The van der Waals surface area contributed by atoms with Gasteiger partial charge in [0.15, 0.2) is 0 Å². The molecule has 0 fully saturated rings. The second-order valence-corrected chi connectivity index (χ2v) is 7.58. The molecule has 116 valence electrons. The van der Waals surface area contributed by atoms with Gasteiger partial charge in [0.2, 0.25) is 10.0 Å². The molecule has 0 aliphatic heterocycles. The molecule has 0 bridgehead atoms. The van der Waals surface area contributed by atoms with E-state index in [1.54, 1.807) is 18.3 Å². The summed E-state index contributed by atoms with van der Waals surface area (Å²) in [5.74, 6) is 0. The molecular weight excluding hydrogens is 264 g/mol. The predicted molar refractivity (Wildman–Crippen MR) is 79.9 cm³/mol. The summed E-state index contributed by atoms with van der Waals surface area (Å²) in [6.07, 6.45) is 0.799. The zero-order chi connectivity index (χ0) is 15.1. The average Bonchev–Trinajstić information content (AvgIpc) is 2.35. The summed E-state index contributed by atoms with van der Waals surface area (Å²) in [5, 5.41) is 2.75. The highest BCUT2D eigenvalue weighted by molar-refractivity contribution is 7.89. The Kier molecular flexibility index (Phi) is 8.81. The second-order valence-electron chi connectivity index (χ2n) is 5.28. The Bertz CT molecular complexity index is 331. The lowest BCUT2D eigenvalue weighted by atomic mass is 10.3. The van der Waals surface area contributed by atoms with Gasteiger partial charge in [0, 0.05) is 32.3 Å². The van der Waals surface area contributed by atoms with Gasteiger partial charge in [-0.25, -0.2) is 8.42 Å². The molecule has 0 aromatic heterocycles. The van der Waals surface area contributed by atoms with E-state index < -0.39 is 15.3 Å². The van der Waals surface area contributed by atoms with Crippen molar-refractivity contribution in [2.24, 2.45) is 0 Å². The van der Waals surface area contributed by atoms with Crippen LogP contribution in [-0.2, 0) is 14.8 Å². The molecule has 0 amide bonds. The van der Waals surface area contributed by atoms with Gasteiger partial charge in [0.1, 0.15) is 0 Å². The summed E-state index contributed by atoms with van der Waals surface area (Å²) in [6, 6.07) is 0.287. The number of hydrogen-bond donors (Lipinski definition) is 1. The topological polar surface area (TPSA) is 58.6 Å². The number of rotatable bonds is 10. The summed E-state index contributed by atoms with van der Waals surface area (Å²) in [4.78, 5) is 0. The fourth-order valence-corrected chi connectivity index (χ4v) is 3.47. The van der Waals surface area contributed by atoms with Crippen molar-refractivity contribution in [1.82, 2.24) is 9.62 Å². The third-order valence-electron chi connectivity index (χ3n) is 3.25. The molecule has 2 atom stereocenters. The van der Waals surface area contributed by atoms with Gasteiger partial charge in [-0.1, -0.05) is 20.8 Å². The molecule has 0 saturated carbocycles. The van der Waals surface area contributed by atoms with E-state index in [4.69, 9.17) is 4.74 Å². The molecule has 1 N–H and O–H groups in total. The lowest BCUT2D eigenvalue weighted by Gasteiger charge is -2.30. The maximum absolute atomic E-state index is 12.6. The Labute approximate surface area is 118 Å². The van der Waals surface area contributed by atoms with E-state index in [1.807, 2.05) is 27.7 Å². The molecular formula is C13H30N2O3S. The van der Waals surface area contributed by atoms with Crippen molar-refractivity contribution < 1.29 is 13.2 Å². The molecule has 19 heavy (non-hydrogen) atoms. The van der Waals surface area contributed by atoms with Gasteiger partial charge in [-0.3, -0.25) is 0 Å². The molecule has 0 aromatic rings. The lowest BCUT2D eigenvalue weighted by Crippen LogP contribution is -2.47. The van der Waals surface area contributed by atoms with Gasteiger partial charge in [-0.2, -0.15) is 4.31 Å². The van der Waals surface area contributed by atoms with Crippen molar-refractivity contribution in [3.05, 3.63) is 0 Å². The number of hydrogen-bond acceptors (Lipinski definition) is 4. The maximum Gasteiger partial charge on any atom is 0.218 e. The van der Waals surface area contributed by atoms with Crippen LogP contribution in [0.1, 0.15) is 41.0 Å². The first-order chi connectivity index (χ1) is 8.77. The molecule has 5 nitrogen and oxygen atoms in total. The monoisotopic (exact) mass is 294 g/mol. The quantitative estimate of drug-likeness (QED) is 0.662. The zero-order valence-corrected chi connectivity index (χ0v) is 14.0. The van der Waals surface area contributed by atoms with E-state index in [1.165, 1.54) is 0 Å². The highest BCUT2D eigenvalue weighted by Gasteiger charge is 2.31. The van der Waals surface area contributed by atoms with Crippen molar-refractivity contribution in [2.75, 3.05) is 26.8 Å². The Morgan fingerprint density at radius 1 is 1.21 bits per heavy atom. The molecule has 2 unspecified atom stereocenters. The van der Waals surface area contributed by atoms with Gasteiger partial charge >= 0.3 is 0 Å². The van der Waals surface area contributed by atoms with Crippen LogP contribution in [0.3, 0.4) is 0 Å². The Hall–Kier alpha value is -0.170. The highest BCUT2D eigenvalue weighted by Crippen LogP contribution is 2.15. The summed E-state index contributed by atoms with van der Waals surface area (Å²) in [7, 11) is -1.70. The number of ether oxygens (including phenoxy) is 1. The molecule has 0 spiro atoms. The predicted octanol–water partition coefficient (Wildman–Crippen LogP) is 1.45. The standard InChI is InChI=1S/C13H30N2O3S/c1-7-12(4)15(8-9-18-6)19(16,17)13(5)10-14-11(2)3/h11-14H,7-10H2,1-6H3. The molecule has 0 rings (SSSR count). The van der Waals surface area contributed by atoms with Crippen LogP contribution >= 0.6 is 0 Å². The average molecular weight is 294 g/mol. The summed E-state index contributed by atoms with van der Waals surface area (Å²) in [6.45, 7) is 11.0. The van der Waals surface area contributed by atoms with Gasteiger partial charge in [0.05, 0.1) is 11.9 Å². The fourth-order valence-electron chi connectivity index (χ4n) is 1.72. The summed E-state index contributed by atoms with van der Waals surface area (Å²) in [5.41, 5.74) is 0. The van der Waals surface area contributed by atoms with E-state index >= 15 is 0 Å². The third kappa shape index (κ3) is 6.21. The normalized spacial score (nSPS) is 16.0. The van der Waals surface area contributed by atoms with E-state index in [0.717, 1.165) is 6.42 Å². The van der Waals surface area contributed by atoms with Crippen LogP contribution in [0.25, 0.3) is 0 Å². The molecule has 0 saturated heterocycles. The Balaban J connectivity index is 4.85. The van der Waals surface area contributed by atoms with Gasteiger partial charge < -0.3 is 10.1 Å². The fraction of sp³-hybridized carbons (Fsp3) is 1.00. The summed E-state index contributed by atoms with van der Waals surface area (Å²) >= 11 is 0. The minimum atomic E-state index is -3.29. The van der Waals surface area contributed by atoms with E-state index in [9.17, 15) is 8.42 Å². The first-order valence-corrected chi connectivity index (χ1v) is 8.50. The Morgan fingerprint density at radius 2 is 1.79 bits per heavy atom. The van der Waals surface area contributed by atoms with Crippen molar-refractivity contribution in [1.29, 1.82) is 0 Å². The smallest absolute Gasteiger partial charge is 0.218 e. The molecule has 0 heterocycles. The Morgan fingerprint density at radius 3 is 2.21 bits per heavy atom. The van der Waals surface area contributed by atoms with E-state index in [-0.39, 0.29) is 12.1 Å². The van der Waals surface area contributed by atoms with Crippen molar-refractivity contribution >= 4 is 10.0 Å². The zero-order valence-electron chi connectivity index (χ0n) is 13.1. The molecule has 0 radical (unpaired) electrons. The van der Waals surface area contributed by atoms with Crippen LogP contribution in [0.15, 0.2) is 0 Å². The number of nitrogens with one attached hydrogen (secondary N) is 1. The third-order valence-corrected chi connectivity index (χ3v) is 5.63. The first-order valence-electron chi connectivity index (χ1n) is 7.00. The van der Waals surface area contributed by atoms with Crippen molar-refractivity contribution in [2.45, 2.75) is 58.4 Å². The van der Waals surface area contributed by atoms with Crippen LogP contribution < -0.4 is 5.32 Å². The summed E-state index contributed by atoms with van der Waals surface area (Å²) < 4.78 is 31.8. The van der Waals surface area contributed by atoms with Crippen LogP contribution in [0.2, 0.25) is 0 Å². The van der Waals surface area contributed by atoms with Gasteiger partial charge in [-0.15, -0.1) is 0 Å². The van der Waals surface area contributed by atoms with Crippen LogP contribution in [0.5, 0.6) is 0 Å². The van der Waals surface area contributed by atoms with E-state index in [2.05, 4.69) is 5.32 Å². The maximum atomic E-state index is 12.6. The number of methoxy groups -OCH3 is 1. The van der Waals surface area contributed by atoms with Crippen molar-refractivity contribution in [3.8, 4) is 0 Å². The van der Waals surface area contributed by atoms with Gasteiger partial charge in [-0.05, 0) is 20.3 Å². The minimum absolute atomic E-state index is 0.00153. The van der Waals surface area contributed by atoms with Gasteiger partial charge in [0.25, 0.3) is 0 Å². The van der Waals surface area contributed by atoms with Crippen LogP contribution in [0.4, 0.5) is 0 Å². The van der Waals surface area contributed by atoms with Crippen LogP contribution in [-0.4, -0.2) is 56.9 Å².